The molecule has 0 unspecified atom stereocenters. The summed E-state index contributed by atoms with van der Waals surface area (Å²) in [5, 5.41) is 11.9. The maximum atomic E-state index is 12.3. The van der Waals surface area contributed by atoms with E-state index in [9.17, 15) is 9.90 Å². The molecule has 4 aromatic rings. The van der Waals surface area contributed by atoms with Crippen LogP contribution in [0.5, 0.6) is 17.2 Å². The Balaban J connectivity index is 1.72. The normalized spacial score (nSPS) is 10.7. The molecule has 4 aromatic carbocycles. The Labute approximate surface area is 186 Å². The van der Waals surface area contributed by atoms with Crippen LogP contribution in [0.1, 0.15) is 28.4 Å². The van der Waals surface area contributed by atoms with E-state index < -0.39 is 5.97 Å². The second-order valence-corrected chi connectivity index (χ2v) is 7.25. The molecule has 4 rings (SSSR count). The molecule has 0 heterocycles. The van der Waals surface area contributed by atoms with Crippen LogP contribution in [0.2, 0.25) is 0 Å². The van der Waals surface area contributed by atoms with Gasteiger partial charge < -0.3 is 19.3 Å². The van der Waals surface area contributed by atoms with Crippen LogP contribution in [0, 0.1) is 0 Å². The Bertz CT molecular complexity index is 1200. The highest BCUT2D eigenvalue weighted by Gasteiger charge is 2.18. The second-order valence-electron chi connectivity index (χ2n) is 7.25. The van der Waals surface area contributed by atoms with E-state index in [0.29, 0.717) is 35.5 Å². The Kier molecular flexibility index (Phi) is 6.56. The zero-order chi connectivity index (χ0) is 22.3. The first-order valence-electron chi connectivity index (χ1n) is 10.5. The monoisotopic (exact) mass is 428 g/mol. The highest BCUT2D eigenvalue weighted by molar-refractivity contribution is 6.03. The number of benzene rings is 4. The molecular formula is C27H24O5. The molecule has 0 aliphatic rings. The molecule has 0 atom stereocenters. The largest absolute Gasteiger partial charge is 0.507 e. The maximum absolute atomic E-state index is 12.3. The van der Waals surface area contributed by atoms with E-state index in [-0.39, 0.29) is 17.9 Å². The van der Waals surface area contributed by atoms with Crippen molar-refractivity contribution in [3.05, 3.63) is 102 Å². The molecule has 5 heteroatoms. The van der Waals surface area contributed by atoms with E-state index in [1.165, 1.54) is 6.07 Å². The van der Waals surface area contributed by atoms with Gasteiger partial charge in [-0.25, -0.2) is 4.79 Å². The SMILES string of the molecule is CCOC(=O)c1cc(O)c2c(OCc3ccccc3)ccc(OCc3ccccc3)c2c1. The summed E-state index contributed by atoms with van der Waals surface area (Å²) in [5.74, 6) is 0.467. The highest BCUT2D eigenvalue weighted by atomic mass is 16.5. The van der Waals surface area contributed by atoms with Gasteiger partial charge in [0.1, 0.15) is 30.5 Å². The summed E-state index contributed by atoms with van der Waals surface area (Å²) in [6, 6.07) is 26.2. The van der Waals surface area contributed by atoms with E-state index in [1.54, 1.807) is 25.1 Å². The standard InChI is InChI=1S/C27H24O5/c1-2-30-27(29)21-15-22-24(31-17-19-9-5-3-6-10-19)13-14-25(26(22)23(28)16-21)32-18-20-11-7-4-8-12-20/h3-16,28H,2,17-18H2,1H3. The lowest BCUT2D eigenvalue weighted by molar-refractivity contribution is 0.0526. The molecule has 0 spiro atoms. The molecule has 1 N–H and O–H groups in total. The third-order valence-electron chi connectivity index (χ3n) is 5.00. The highest BCUT2D eigenvalue weighted by Crippen LogP contribution is 2.40. The smallest absolute Gasteiger partial charge is 0.338 e. The van der Waals surface area contributed by atoms with Crippen molar-refractivity contribution in [3.8, 4) is 17.2 Å². The lowest BCUT2D eigenvalue weighted by Crippen LogP contribution is -2.05. The molecule has 0 aliphatic heterocycles. The number of phenols is 1. The fourth-order valence-electron chi connectivity index (χ4n) is 3.45. The van der Waals surface area contributed by atoms with Gasteiger partial charge in [0.05, 0.1) is 17.6 Å². The Morgan fingerprint density at radius 2 is 1.34 bits per heavy atom. The van der Waals surface area contributed by atoms with E-state index >= 15 is 0 Å². The van der Waals surface area contributed by atoms with Crippen LogP contribution in [0.25, 0.3) is 10.8 Å². The molecule has 5 nitrogen and oxygen atoms in total. The van der Waals surface area contributed by atoms with Crippen LogP contribution >= 0.6 is 0 Å². The lowest BCUT2D eigenvalue weighted by atomic mass is 10.0. The van der Waals surface area contributed by atoms with Crippen LogP contribution in [0.4, 0.5) is 0 Å². The number of aromatic hydroxyl groups is 1. The van der Waals surface area contributed by atoms with Gasteiger partial charge in [0.25, 0.3) is 0 Å². The number of hydrogen-bond donors (Lipinski definition) is 1. The number of ether oxygens (including phenoxy) is 3. The molecule has 162 valence electrons. The number of rotatable bonds is 8. The van der Waals surface area contributed by atoms with Gasteiger partial charge in [-0.1, -0.05) is 60.7 Å². The lowest BCUT2D eigenvalue weighted by Gasteiger charge is -2.16. The van der Waals surface area contributed by atoms with Crippen LogP contribution in [0.15, 0.2) is 84.9 Å². The van der Waals surface area contributed by atoms with Crippen molar-refractivity contribution >= 4 is 16.7 Å². The number of esters is 1. The van der Waals surface area contributed by atoms with Gasteiger partial charge in [-0.3, -0.25) is 0 Å². The van der Waals surface area contributed by atoms with Gasteiger partial charge in [0, 0.05) is 5.39 Å². The predicted molar refractivity (Wildman–Crippen MR) is 123 cm³/mol. The van der Waals surface area contributed by atoms with Gasteiger partial charge in [0.15, 0.2) is 0 Å². The summed E-state index contributed by atoms with van der Waals surface area (Å²) in [7, 11) is 0. The first-order chi connectivity index (χ1) is 15.7. The fourth-order valence-corrected chi connectivity index (χ4v) is 3.45. The minimum atomic E-state index is -0.505. The van der Waals surface area contributed by atoms with Crippen LogP contribution in [-0.4, -0.2) is 17.7 Å². The molecule has 0 aromatic heterocycles. The van der Waals surface area contributed by atoms with Gasteiger partial charge in [0.2, 0.25) is 0 Å². The van der Waals surface area contributed by atoms with Crippen molar-refractivity contribution in [2.45, 2.75) is 20.1 Å². The third kappa shape index (κ3) is 4.83. The summed E-state index contributed by atoms with van der Waals surface area (Å²) < 4.78 is 17.2. The minimum Gasteiger partial charge on any atom is -0.507 e. The van der Waals surface area contributed by atoms with Gasteiger partial charge in [-0.05, 0) is 42.3 Å². The first kappa shape index (κ1) is 21.2. The van der Waals surface area contributed by atoms with Crippen molar-refractivity contribution in [1.29, 1.82) is 0 Å². The van der Waals surface area contributed by atoms with Crippen molar-refractivity contribution in [2.24, 2.45) is 0 Å². The molecule has 0 saturated carbocycles. The number of hydrogen-bond acceptors (Lipinski definition) is 5. The Morgan fingerprint density at radius 1 is 0.781 bits per heavy atom. The summed E-state index contributed by atoms with van der Waals surface area (Å²) >= 11 is 0. The van der Waals surface area contributed by atoms with Gasteiger partial charge >= 0.3 is 5.97 Å². The molecule has 0 fully saturated rings. The zero-order valence-corrected chi connectivity index (χ0v) is 17.8. The predicted octanol–water partition coefficient (Wildman–Crippen LogP) is 5.88. The summed E-state index contributed by atoms with van der Waals surface area (Å²) in [5.41, 5.74) is 2.27. The van der Waals surface area contributed by atoms with Gasteiger partial charge in [-0.15, -0.1) is 0 Å². The quantitative estimate of drug-likeness (QED) is 0.355. The van der Waals surface area contributed by atoms with Crippen LogP contribution < -0.4 is 9.47 Å². The third-order valence-corrected chi connectivity index (χ3v) is 5.00. The number of phenolic OH excluding ortho intramolecular Hbond substituents is 1. The molecule has 0 aliphatic carbocycles. The topological polar surface area (TPSA) is 65.0 Å². The Hall–Kier alpha value is -3.99. The summed E-state index contributed by atoms with van der Waals surface area (Å²) in [6.07, 6.45) is 0. The maximum Gasteiger partial charge on any atom is 0.338 e. The molecule has 32 heavy (non-hydrogen) atoms. The molecule has 0 bridgehead atoms. The fraction of sp³-hybridized carbons (Fsp3) is 0.148. The van der Waals surface area contributed by atoms with E-state index in [0.717, 1.165) is 11.1 Å². The van der Waals surface area contributed by atoms with E-state index in [1.807, 2.05) is 60.7 Å². The average Bonchev–Trinajstić information content (AvgIpc) is 2.83. The summed E-state index contributed by atoms with van der Waals surface area (Å²) in [4.78, 5) is 12.3. The molecule has 0 radical (unpaired) electrons. The second kappa shape index (κ2) is 9.88. The number of carbonyl (C=O) groups is 1. The van der Waals surface area contributed by atoms with Crippen molar-refractivity contribution < 1.29 is 24.1 Å². The first-order valence-corrected chi connectivity index (χ1v) is 10.5. The van der Waals surface area contributed by atoms with Crippen molar-refractivity contribution in [2.75, 3.05) is 6.61 Å². The van der Waals surface area contributed by atoms with E-state index in [2.05, 4.69) is 0 Å². The number of carbonyl (C=O) groups excluding carboxylic acids is 1. The molecule has 0 saturated heterocycles. The van der Waals surface area contributed by atoms with Crippen LogP contribution in [0.3, 0.4) is 0 Å². The van der Waals surface area contributed by atoms with Gasteiger partial charge in [-0.2, -0.15) is 0 Å². The molecular weight excluding hydrogens is 404 g/mol. The zero-order valence-electron chi connectivity index (χ0n) is 17.8. The molecule has 0 amide bonds. The van der Waals surface area contributed by atoms with Crippen molar-refractivity contribution in [1.82, 2.24) is 0 Å². The van der Waals surface area contributed by atoms with Crippen molar-refractivity contribution in [3.63, 3.8) is 0 Å². The minimum absolute atomic E-state index is 0.0706. The Morgan fingerprint density at radius 3 is 1.94 bits per heavy atom. The average molecular weight is 428 g/mol. The van der Waals surface area contributed by atoms with E-state index in [4.69, 9.17) is 14.2 Å². The van der Waals surface area contributed by atoms with Crippen LogP contribution in [-0.2, 0) is 18.0 Å². The summed E-state index contributed by atoms with van der Waals surface area (Å²) in [6.45, 7) is 2.68. The number of fused-ring (bicyclic) bond motifs is 1.